The van der Waals surface area contributed by atoms with E-state index in [4.69, 9.17) is 16.3 Å². The average Bonchev–Trinajstić information content (AvgIpc) is 2.81. The Labute approximate surface area is 198 Å². The van der Waals surface area contributed by atoms with E-state index >= 15 is 0 Å². The molecule has 0 fully saturated rings. The summed E-state index contributed by atoms with van der Waals surface area (Å²) >= 11 is 6.09. The van der Waals surface area contributed by atoms with Gasteiger partial charge in [0.25, 0.3) is 11.8 Å². The lowest BCUT2D eigenvalue weighted by Gasteiger charge is -2.10. The first-order chi connectivity index (χ1) is 15.8. The summed E-state index contributed by atoms with van der Waals surface area (Å²) in [6, 6.07) is 19.8. The zero-order valence-corrected chi connectivity index (χ0v) is 19.5. The minimum absolute atomic E-state index is 0.198. The van der Waals surface area contributed by atoms with Crippen LogP contribution in [0.5, 0.6) is 5.75 Å². The number of carbonyl (C=O) groups is 2. The third-order valence-corrected chi connectivity index (χ3v) is 5.42. The Morgan fingerprint density at radius 1 is 1.03 bits per heavy atom. The summed E-state index contributed by atoms with van der Waals surface area (Å²) in [7, 11) is 0. The van der Waals surface area contributed by atoms with E-state index in [1.165, 1.54) is 5.56 Å². The molecule has 0 unspecified atom stereocenters. The van der Waals surface area contributed by atoms with Gasteiger partial charge < -0.3 is 10.1 Å². The molecule has 2 amide bonds. The van der Waals surface area contributed by atoms with E-state index in [1.807, 2.05) is 31.2 Å². The van der Waals surface area contributed by atoms with E-state index in [0.29, 0.717) is 27.9 Å². The van der Waals surface area contributed by atoms with Crippen LogP contribution in [-0.2, 0) is 4.79 Å². The lowest BCUT2D eigenvalue weighted by Crippen LogP contribution is -2.24. The van der Waals surface area contributed by atoms with Crippen molar-refractivity contribution in [2.75, 3.05) is 11.9 Å². The molecule has 6 nitrogen and oxygen atoms in total. The largest absolute Gasteiger partial charge is 0.484 e. The number of ether oxygens (including phenoxy) is 1. The molecule has 0 aliphatic rings. The molecule has 0 atom stereocenters. The van der Waals surface area contributed by atoms with Gasteiger partial charge in [-0.3, -0.25) is 9.59 Å². The second kappa shape index (κ2) is 11.3. The molecule has 0 heterocycles. The Balaban J connectivity index is 1.47. The predicted octanol–water partition coefficient (Wildman–Crippen LogP) is 5.55. The number of halogens is 1. The number of anilines is 1. The number of hydrogen-bond acceptors (Lipinski definition) is 4. The SMILES string of the molecule is Cc1c(Cl)cccc1NC(=O)c1ccc(OCC(=O)N/N=C/c2ccc(C(C)C)cc2)cc1. The molecule has 0 aliphatic heterocycles. The number of nitrogens with zero attached hydrogens (tertiary/aromatic N) is 1. The molecule has 33 heavy (non-hydrogen) atoms. The Morgan fingerprint density at radius 2 is 1.73 bits per heavy atom. The normalized spacial score (nSPS) is 10.9. The molecular weight excluding hydrogens is 438 g/mol. The minimum atomic E-state index is -0.386. The Morgan fingerprint density at radius 3 is 2.39 bits per heavy atom. The topological polar surface area (TPSA) is 79.8 Å². The molecule has 7 heteroatoms. The van der Waals surface area contributed by atoms with Crippen LogP contribution in [0.1, 0.15) is 46.8 Å². The highest BCUT2D eigenvalue weighted by Gasteiger charge is 2.10. The Bertz CT molecular complexity index is 1140. The van der Waals surface area contributed by atoms with Crippen molar-refractivity contribution < 1.29 is 14.3 Å². The number of hydrazone groups is 1. The van der Waals surface area contributed by atoms with Crippen LogP contribution in [0.15, 0.2) is 71.8 Å². The average molecular weight is 464 g/mol. The van der Waals surface area contributed by atoms with Crippen molar-refractivity contribution in [2.45, 2.75) is 26.7 Å². The molecule has 3 aromatic carbocycles. The molecule has 0 saturated carbocycles. The monoisotopic (exact) mass is 463 g/mol. The van der Waals surface area contributed by atoms with E-state index in [2.05, 4.69) is 29.7 Å². The first-order valence-corrected chi connectivity index (χ1v) is 10.9. The molecule has 0 bridgehead atoms. The standard InChI is InChI=1S/C26H26ClN3O3/c1-17(2)20-9-7-19(8-10-20)15-28-30-25(31)16-33-22-13-11-21(12-14-22)26(32)29-24-6-4-5-23(27)18(24)3/h4-15,17H,16H2,1-3H3,(H,29,32)(H,30,31)/b28-15+. The van der Waals surface area contributed by atoms with Crippen LogP contribution in [0.4, 0.5) is 5.69 Å². The summed E-state index contributed by atoms with van der Waals surface area (Å²) in [5.74, 6) is 0.279. The summed E-state index contributed by atoms with van der Waals surface area (Å²) in [6.07, 6.45) is 1.58. The summed E-state index contributed by atoms with van der Waals surface area (Å²) in [5.41, 5.74) is 6.48. The second-order valence-electron chi connectivity index (χ2n) is 7.79. The maximum absolute atomic E-state index is 12.5. The highest BCUT2D eigenvalue weighted by Crippen LogP contribution is 2.23. The van der Waals surface area contributed by atoms with Crippen molar-refractivity contribution in [1.82, 2.24) is 5.43 Å². The van der Waals surface area contributed by atoms with E-state index in [1.54, 1.807) is 48.7 Å². The van der Waals surface area contributed by atoms with Gasteiger partial charge in [-0.1, -0.05) is 55.8 Å². The summed E-state index contributed by atoms with van der Waals surface area (Å²) in [6.45, 7) is 5.91. The maximum atomic E-state index is 12.5. The molecule has 0 aromatic heterocycles. The van der Waals surface area contributed by atoms with Crippen molar-refractivity contribution in [1.29, 1.82) is 0 Å². The number of amides is 2. The molecule has 0 saturated heterocycles. The van der Waals surface area contributed by atoms with Gasteiger partial charge in [-0.2, -0.15) is 5.10 Å². The lowest BCUT2D eigenvalue weighted by atomic mass is 10.0. The van der Waals surface area contributed by atoms with Gasteiger partial charge in [0.2, 0.25) is 0 Å². The van der Waals surface area contributed by atoms with Gasteiger partial charge in [0, 0.05) is 16.3 Å². The summed E-state index contributed by atoms with van der Waals surface area (Å²) in [5, 5.41) is 7.38. The third-order valence-electron chi connectivity index (χ3n) is 5.01. The molecule has 170 valence electrons. The lowest BCUT2D eigenvalue weighted by molar-refractivity contribution is -0.123. The fourth-order valence-corrected chi connectivity index (χ4v) is 3.14. The van der Waals surface area contributed by atoms with Gasteiger partial charge in [-0.15, -0.1) is 0 Å². The third kappa shape index (κ3) is 6.92. The highest BCUT2D eigenvalue weighted by molar-refractivity contribution is 6.31. The number of hydrogen-bond donors (Lipinski definition) is 2. The van der Waals surface area contributed by atoms with Gasteiger partial charge in [0.05, 0.1) is 6.21 Å². The summed E-state index contributed by atoms with van der Waals surface area (Å²) < 4.78 is 5.47. The van der Waals surface area contributed by atoms with Gasteiger partial charge in [0.15, 0.2) is 6.61 Å². The maximum Gasteiger partial charge on any atom is 0.277 e. The van der Waals surface area contributed by atoms with Crippen LogP contribution in [0.25, 0.3) is 0 Å². The number of carbonyl (C=O) groups excluding carboxylic acids is 2. The molecule has 2 N–H and O–H groups in total. The van der Waals surface area contributed by atoms with Gasteiger partial charge >= 0.3 is 0 Å². The first kappa shape index (κ1) is 24.0. The van der Waals surface area contributed by atoms with Crippen molar-refractivity contribution in [3.63, 3.8) is 0 Å². The van der Waals surface area contributed by atoms with Crippen molar-refractivity contribution in [3.8, 4) is 5.75 Å². The molecule has 0 radical (unpaired) electrons. The van der Waals surface area contributed by atoms with Crippen LogP contribution < -0.4 is 15.5 Å². The molecule has 3 aromatic rings. The fourth-order valence-electron chi connectivity index (χ4n) is 2.97. The smallest absolute Gasteiger partial charge is 0.277 e. The molecule has 0 spiro atoms. The van der Waals surface area contributed by atoms with Crippen LogP contribution in [0.2, 0.25) is 5.02 Å². The summed E-state index contributed by atoms with van der Waals surface area (Å²) in [4.78, 5) is 24.4. The van der Waals surface area contributed by atoms with E-state index in [9.17, 15) is 9.59 Å². The molecule has 3 rings (SSSR count). The van der Waals surface area contributed by atoms with Crippen LogP contribution in [-0.4, -0.2) is 24.6 Å². The van der Waals surface area contributed by atoms with E-state index in [0.717, 1.165) is 11.1 Å². The zero-order valence-electron chi connectivity index (χ0n) is 18.8. The Kier molecular flexibility index (Phi) is 8.22. The predicted molar refractivity (Wildman–Crippen MR) is 132 cm³/mol. The van der Waals surface area contributed by atoms with Crippen molar-refractivity contribution >= 4 is 35.3 Å². The van der Waals surface area contributed by atoms with Gasteiger partial charge in [-0.25, -0.2) is 5.43 Å². The minimum Gasteiger partial charge on any atom is -0.484 e. The second-order valence-corrected chi connectivity index (χ2v) is 8.20. The van der Waals surface area contributed by atoms with E-state index in [-0.39, 0.29) is 18.4 Å². The van der Waals surface area contributed by atoms with Crippen LogP contribution >= 0.6 is 11.6 Å². The first-order valence-electron chi connectivity index (χ1n) is 10.5. The van der Waals surface area contributed by atoms with Crippen molar-refractivity contribution in [2.24, 2.45) is 5.10 Å². The van der Waals surface area contributed by atoms with Crippen LogP contribution in [0, 0.1) is 6.92 Å². The molecule has 0 aliphatic carbocycles. The van der Waals surface area contributed by atoms with E-state index < -0.39 is 0 Å². The van der Waals surface area contributed by atoms with Crippen LogP contribution in [0.3, 0.4) is 0 Å². The Hall–Kier alpha value is -3.64. The fraction of sp³-hybridized carbons (Fsp3) is 0.192. The number of rotatable bonds is 8. The van der Waals surface area contributed by atoms with Gasteiger partial charge in [0.1, 0.15) is 5.75 Å². The quantitative estimate of drug-likeness (QED) is 0.339. The van der Waals surface area contributed by atoms with Crippen molar-refractivity contribution in [3.05, 3.63) is 94.0 Å². The number of nitrogens with one attached hydrogen (secondary N) is 2. The van der Waals surface area contributed by atoms with Gasteiger partial charge in [-0.05, 0) is 65.9 Å². The highest BCUT2D eigenvalue weighted by atomic mass is 35.5. The zero-order chi connectivity index (χ0) is 23.8. The molecular formula is C26H26ClN3O3. The number of benzene rings is 3.